The van der Waals surface area contributed by atoms with Crippen LogP contribution in [0, 0.1) is 0 Å². The van der Waals surface area contributed by atoms with Gasteiger partial charge in [-0.15, -0.1) is 11.3 Å². The molecule has 15 heavy (non-hydrogen) atoms. The summed E-state index contributed by atoms with van der Waals surface area (Å²) in [6.45, 7) is 6.08. The van der Waals surface area contributed by atoms with E-state index in [1.165, 1.54) is 0 Å². The summed E-state index contributed by atoms with van der Waals surface area (Å²) in [7, 11) is 2.17. The lowest BCUT2D eigenvalue weighted by molar-refractivity contribution is 0.275. The second kappa shape index (κ2) is 4.47. The van der Waals surface area contributed by atoms with Crippen LogP contribution in [-0.2, 0) is 6.54 Å². The van der Waals surface area contributed by atoms with E-state index in [2.05, 4.69) is 34.1 Å². The quantitative estimate of drug-likeness (QED) is 0.808. The maximum Gasteiger partial charge on any atom is 0.185 e. The first kappa shape index (κ1) is 10.9. The van der Waals surface area contributed by atoms with Crippen molar-refractivity contribution >= 4 is 16.5 Å². The second-order valence-corrected chi connectivity index (χ2v) is 4.97. The van der Waals surface area contributed by atoms with Crippen molar-refractivity contribution in [1.82, 2.24) is 9.88 Å². The number of hydrogen-bond donors (Lipinski definition) is 1. The van der Waals surface area contributed by atoms with Gasteiger partial charge in [0.15, 0.2) is 5.13 Å². The van der Waals surface area contributed by atoms with Gasteiger partial charge in [0, 0.05) is 37.6 Å². The van der Waals surface area contributed by atoms with Crippen LogP contribution in [0.5, 0.6) is 0 Å². The second-order valence-electron chi connectivity index (χ2n) is 4.13. The maximum atomic E-state index is 5.57. The van der Waals surface area contributed by atoms with E-state index in [1.54, 1.807) is 11.3 Å². The number of piperazine rings is 1. The standard InChI is InChI=1S/C10H18N4S/c1-8-6-13(2)3-4-14(8)10-12-9(5-11)7-15-10/h7-8H,3-6,11H2,1-2H3. The summed E-state index contributed by atoms with van der Waals surface area (Å²) >= 11 is 1.70. The molecule has 0 aromatic carbocycles. The molecule has 1 aromatic rings. The van der Waals surface area contributed by atoms with Crippen molar-refractivity contribution in [2.75, 3.05) is 31.6 Å². The Labute approximate surface area is 94.7 Å². The number of likely N-dealkylation sites (N-methyl/N-ethyl adjacent to an activating group) is 1. The number of anilines is 1. The van der Waals surface area contributed by atoms with E-state index in [1.807, 2.05) is 0 Å². The predicted molar refractivity (Wildman–Crippen MR) is 64.3 cm³/mol. The maximum absolute atomic E-state index is 5.57. The normalized spacial score (nSPS) is 23.4. The number of nitrogens with zero attached hydrogens (tertiary/aromatic N) is 3. The smallest absolute Gasteiger partial charge is 0.185 e. The monoisotopic (exact) mass is 226 g/mol. The summed E-state index contributed by atoms with van der Waals surface area (Å²) in [5.74, 6) is 0. The van der Waals surface area contributed by atoms with E-state index in [0.717, 1.165) is 30.5 Å². The molecule has 0 saturated carbocycles. The van der Waals surface area contributed by atoms with Crippen LogP contribution in [0.4, 0.5) is 5.13 Å². The molecule has 1 aliphatic heterocycles. The van der Waals surface area contributed by atoms with E-state index in [4.69, 9.17) is 5.73 Å². The van der Waals surface area contributed by atoms with Gasteiger partial charge in [0.05, 0.1) is 5.69 Å². The van der Waals surface area contributed by atoms with E-state index in [0.29, 0.717) is 12.6 Å². The van der Waals surface area contributed by atoms with Crippen molar-refractivity contribution in [2.45, 2.75) is 19.5 Å². The highest BCUT2D eigenvalue weighted by Crippen LogP contribution is 2.24. The summed E-state index contributed by atoms with van der Waals surface area (Å²) in [6.07, 6.45) is 0. The zero-order valence-corrected chi connectivity index (χ0v) is 10.1. The minimum absolute atomic E-state index is 0.540. The summed E-state index contributed by atoms with van der Waals surface area (Å²) in [4.78, 5) is 9.27. The van der Waals surface area contributed by atoms with Crippen LogP contribution in [-0.4, -0.2) is 42.6 Å². The number of aromatic nitrogens is 1. The molecule has 1 aliphatic rings. The van der Waals surface area contributed by atoms with Crippen molar-refractivity contribution in [3.63, 3.8) is 0 Å². The first-order valence-electron chi connectivity index (χ1n) is 5.30. The SMILES string of the molecule is CC1CN(C)CCN1c1nc(CN)cs1. The third-order valence-corrected chi connectivity index (χ3v) is 3.75. The summed E-state index contributed by atoms with van der Waals surface area (Å²) < 4.78 is 0. The average molecular weight is 226 g/mol. The van der Waals surface area contributed by atoms with Gasteiger partial charge in [-0.05, 0) is 14.0 Å². The molecule has 4 nitrogen and oxygen atoms in total. The molecule has 0 bridgehead atoms. The fourth-order valence-corrected chi connectivity index (χ4v) is 2.91. The molecular weight excluding hydrogens is 208 g/mol. The Kier molecular flexibility index (Phi) is 3.23. The van der Waals surface area contributed by atoms with Crippen molar-refractivity contribution in [3.05, 3.63) is 11.1 Å². The van der Waals surface area contributed by atoms with Crippen LogP contribution in [0.1, 0.15) is 12.6 Å². The molecule has 1 saturated heterocycles. The molecule has 0 aliphatic carbocycles. The summed E-state index contributed by atoms with van der Waals surface area (Å²) in [6, 6.07) is 0.542. The topological polar surface area (TPSA) is 45.4 Å². The Morgan fingerprint density at radius 3 is 3.00 bits per heavy atom. The molecule has 1 aromatic heterocycles. The highest BCUT2D eigenvalue weighted by molar-refractivity contribution is 7.13. The molecule has 1 unspecified atom stereocenters. The van der Waals surface area contributed by atoms with Gasteiger partial charge >= 0.3 is 0 Å². The minimum Gasteiger partial charge on any atom is -0.343 e. The lowest BCUT2D eigenvalue weighted by atomic mass is 10.2. The van der Waals surface area contributed by atoms with E-state index in [9.17, 15) is 0 Å². The Bertz CT molecular complexity index is 325. The van der Waals surface area contributed by atoms with E-state index < -0.39 is 0 Å². The largest absolute Gasteiger partial charge is 0.343 e. The molecule has 0 radical (unpaired) electrons. The van der Waals surface area contributed by atoms with Crippen LogP contribution < -0.4 is 10.6 Å². The van der Waals surface area contributed by atoms with Crippen molar-refractivity contribution in [2.24, 2.45) is 5.73 Å². The van der Waals surface area contributed by atoms with Crippen molar-refractivity contribution < 1.29 is 0 Å². The third-order valence-electron chi connectivity index (χ3n) is 2.83. The van der Waals surface area contributed by atoms with Crippen LogP contribution in [0.3, 0.4) is 0 Å². The molecule has 2 heterocycles. The molecule has 1 atom stereocenters. The van der Waals surface area contributed by atoms with Crippen molar-refractivity contribution in [3.8, 4) is 0 Å². The lowest BCUT2D eigenvalue weighted by Gasteiger charge is -2.38. The first-order valence-corrected chi connectivity index (χ1v) is 6.18. The van der Waals surface area contributed by atoms with E-state index >= 15 is 0 Å². The van der Waals surface area contributed by atoms with Gasteiger partial charge in [0.25, 0.3) is 0 Å². The third kappa shape index (κ3) is 2.30. The van der Waals surface area contributed by atoms with Gasteiger partial charge in [-0.3, -0.25) is 0 Å². The van der Waals surface area contributed by atoms with E-state index in [-0.39, 0.29) is 0 Å². The molecule has 0 spiro atoms. The molecule has 84 valence electrons. The van der Waals surface area contributed by atoms with Crippen LogP contribution in [0.15, 0.2) is 5.38 Å². The zero-order chi connectivity index (χ0) is 10.8. The highest BCUT2D eigenvalue weighted by Gasteiger charge is 2.23. The summed E-state index contributed by atoms with van der Waals surface area (Å²) in [5, 5.41) is 3.18. The van der Waals surface area contributed by atoms with Gasteiger partial charge in [0.2, 0.25) is 0 Å². The fourth-order valence-electron chi connectivity index (χ4n) is 1.95. The Morgan fingerprint density at radius 2 is 2.40 bits per heavy atom. The molecular formula is C10H18N4S. The minimum atomic E-state index is 0.540. The Hall–Kier alpha value is -0.650. The van der Waals surface area contributed by atoms with Gasteiger partial charge < -0.3 is 15.5 Å². The number of hydrogen-bond acceptors (Lipinski definition) is 5. The molecule has 5 heteroatoms. The Morgan fingerprint density at radius 1 is 1.60 bits per heavy atom. The fraction of sp³-hybridized carbons (Fsp3) is 0.700. The van der Waals surface area contributed by atoms with Gasteiger partial charge in [-0.25, -0.2) is 4.98 Å². The molecule has 1 fully saturated rings. The van der Waals surface area contributed by atoms with Crippen LogP contribution >= 0.6 is 11.3 Å². The highest BCUT2D eigenvalue weighted by atomic mass is 32.1. The van der Waals surface area contributed by atoms with Crippen molar-refractivity contribution in [1.29, 1.82) is 0 Å². The van der Waals surface area contributed by atoms with Crippen LogP contribution in [0.2, 0.25) is 0 Å². The first-order chi connectivity index (χ1) is 7.20. The summed E-state index contributed by atoms with van der Waals surface area (Å²) in [5.41, 5.74) is 6.57. The zero-order valence-electron chi connectivity index (χ0n) is 9.31. The molecule has 0 amide bonds. The van der Waals surface area contributed by atoms with Gasteiger partial charge in [-0.1, -0.05) is 0 Å². The molecule has 2 rings (SSSR count). The Balaban J connectivity index is 2.09. The number of rotatable bonds is 2. The van der Waals surface area contributed by atoms with Gasteiger partial charge in [0.1, 0.15) is 0 Å². The van der Waals surface area contributed by atoms with Crippen LogP contribution in [0.25, 0.3) is 0 Å². The molecule has 2 N–H and O–H groups in total. The predicted octanol–water partition coefficient (Wildman–Crippen LogP) is 0.742. The number of thiazole rings is 1. The number of nitrogens with two attached hydrogens (primary N) is 1. The lowest BCUT2D eigenvalue weighted by Crippen LogP contribution is -2.50. The average Bonchev–Trinajstić information content (AvgIpc) is 2.66. The van der Waals surface area contributed by atoms with Gasteiger partial charge in [-0.2, -0.15) is 0 Å².